The summed E-state index contributed by atoms with van der Waals surface area (Å²) in [6.45, 7) is 6.78. The Morgan fingerprint density at radius 3 is 2.48 bits per heavy atom. The van der Waals surface area contributed by atoms with Crippen LogP contribution >= 0.6 is 27.5 Å². The van der Waals surface area contributed by atoms with E-state index in [2.05, 4.69) is 21.2 Å². The van der Waals surface area contributed by atoms with E-state index in [0.29, 0.717) is 10.6 Å². The van der Waals surface area contributed by atoms with Crippen molar-refractivity contribution < 1.29 is 4.39 Å². The second-order valence-electron chi connectivity index (χ2n) is 5.11. The van der Waals surface area contributed by atoms with Crippen molar-refractivity contribution in [3.05, 3.63) is 67.9 Å². The molecule has 1 N–H and O–H groups in total. The number of benzene rings is 2. The fourth-order valence-electron chi connectivity index (χ4n) is 2.35. The van der Waals surface area contributed by atoms with Gasteiger partial charge in [-0.05, 0) is 61.3 Å². The molecule has 4 heteroatoms. The van der Waals surface area contributed by atoms with E-state index in [1.807, 2.05) is 32.9 Å². The second-order valence-corrected chi connectivity index (χ2v) is 6.44. The first-order valence-electron chi connectivity index (χ1n) is 6.89. The van der Waals surface area contributed by atoms with E-state index in [-0.39, 0.29) is 11.9 Å². The fraction of sp³-hybridized carbons (Fsp3) is 0.294. The lowest BCUT2D eigenvalue weighted by Gasteiger charge is -2.22. The van der Waals surface area contributed by atoms with Crippen molar-refractivity contribution in [2.45, 2.75) is 26.8 Å². The molecule has 0 aliphatic rings. The molecule has 1 nitrogen and oxygen atoms in total. The van der Waals surface area contributed by atoms with Gasteiger partial charge in [0.05, 0.1) is 6.04 Å². The van der Waals surface area contributed by atoms with Gasteiger partial charge in [-0.25, -0.2) is 4.39 Å². The summed E-state index contributed by atoms with van der Waals surface area (Å²) in [5.74, 6) is -0.238. The Balaban J connectivity index is 2.58. The lowest BCUT2D eigenvalue weighted by Crippen LogP contribution is -2.23. The van der Waals surface area contributed by atoms with Crippen LogP contribution in [-0.4, -0.2) is 6.54 Å². The molecule has 0 aliphatic carbocycles. The van der Waals surface area contributed by atoms with Gasteiger partial charge in [-0.1, -0.05) is 40.5 Å². The van der Waals surface area contributed by atoms with E-state index in [9.17, 15) is 4.39 Å². The quantitative estimate of drug-likeness (QED) is 0.743. The first kappa shape index (κ1) is 16.5. The van der Waals surface area contributed by atoms with Crippen LogP contribution < -0.4 is 5.32 Å². The lowest BCUT2D eigenvalue weighted by molar-refractivity contribution is 0.558. The molecule has 0 saturated heterocycles. The van der Waals surface area contributed by atoms with Gasteiger partial charge in [-0.15, -0.1) is 0 Å². The molecule has 0 bridgehead atoms. The normalized spacial score (nSPS) is 12.5. The Hall–Kier alpha value is -0.900. The van der Waals surface area contributed by atoms with Crippen LogP contribution in [0.2, 0.25) is 5.02 Å². The van der Waals surface area contributed by atoms with Gasteiger partial charge in [0.2, 0.25) is 0 Å². The molecule has 2 aromatic carbocycles. The summed E-state index contributed by atoms with van der Waals surface area (Å²) in [6.07, 6.45) is 0. The van der Waals surface area contributed by atoms with Gasteiger partial charge in [0.15, 0.2) is 0 Å². The molecule has 2 aromatic rings. The van der Waals surface area contributed by atoms with Crippen LogP contribution in [0, 0.1) is 19.7 Å². The molecule has 0 heterocycles. The predicted molar refractivity (Wildman–Crippen MR) is 90.5 cm³/mol. The van der Waals surface area contributed by atoms with E-state index >= 15 is 0 Å². The van der Waals surface area contributed by atoms with Crippen molar-refractivity contribution in [2.24, 2.45) is 0 Å². The molecule has 0 amide bonds. The third kappa shape index (κ3) is 3.65. The average Bonchev–Trinajstić information content (AvgIpc) is 2.43. The van der Waals surface area contributed by atoms with Gasteiger partial charge in [-0.3, -0.25) is 0 Å². The van der Waals surface area contributed by atoms with Gasteiger partial charge in [0, 0.05) is 15.1 Å². The van der Waals surface area contributed by atoms with Crippen LogP contribution in [0.1, 0.15) is 35.2 Å². The van der Waals surface area contributed by atoms with Crippen molar-refractivity contribution in [1.29, 1.82) is 0 Å². The van der Waals surface area contributed by atoms with Crippen LogP contribution in [0.5, 0.6) is 0 Å². The van der Waals surface area contributed by atoms with Crippen molar-refractivity contribution >= 4 is 27.5 Å². The highest BCUT2D eigenvalue weighted by Gasteiger charge is 2.20. The zero-order chi connectivity index (χ0) is 15.6. The zero-order valence-electron chi connectivity index (χ0n) is 12.3. The van der Waals surface area contributed by atoms with E-state index in [0.717, 1.165) is 27.7 Å². The molecular formula is C17H18BrClFN. The summed E-state index contributed by atoms with van der Waals surface area (Å²) in [5, 5.41) is 3.98. The van der Waals surface area contributed by atoms with E-state index < -0.39 is 0 Å². The van der Waals surface area contributed by atoms with Crippen LogP contribution in [-0.2, 0) is 0 Å². The molecule has 2 rings (SSSR count). The average molecular weight is 371 g/mol. The molecule has 0 fully saturated rings. The highest BCUT2D eigenvalue weighted by atomic mass is 79.9. The molecule has 0 spiro atoms. The molecular weight excluding hydrogens is 353 g/mol. The number of nitrogens with one attached hydrogen (secondary N) is 1. The third-order valence-electron chi connectivity index (χ3n) is 3.60. The minimum atomic E-state index is -0.265. The van der Waals surface area contributed by atoms with E-state index in [1.54, 1.807) is 12.1 Å². The maximum absolute atomic E-state index is 14.2. The van der Waals surface area contributed by atoms with E-state index in [1.165, 1.54) is 6.07 Å². The first-order valence-corrected chi connectivity index (χ1v) is 8.06. The highest BCUT2D eigenvalue weighted by molar-refractivity contribution is 9.10. The zero-order valence-corrected chi connectivity index (χ0v) is 14.6. The number of rotatable bonds is 4. The first-order chi connectivity index (χ1) is 9.93. The summed E-state index contributed by atoms with van der Waals surface area (Å²) in [7, 11) is 0. The molecule has 0 radical (unpaired) electrons. The van der Waals surface area contributed by atoms with Gasteiger partial charge >= 0.3 is 0 Å². The van der Waals surface area contributed by atoms with Crippen molar-refractivity contribution in [3.63, 3.8) is 0 Å². The van der Waals surface area contributed by atoms with Gasteiger partial charge in [-0.2, -0.15) is 0 Å². The summed E-state index contributed by atoms with van der Waals surface area (Å²) in [6, 6.07) is 8.67. The maximum atomic E-state index is 14.2. The highest BCUT2D eigenvalue weighted by Crippen LogP contribution is 2.33. The summed E-state index contributed by atoms with van der Waals surface area (Å²) >= 11 is 9.81. The Bertz CT molecular complexity index is 657. The van der Waals surface area contributed by atoms with Crippen molar-refractivity contribution in [1.82, 2.24) is 5.32 Å². The molecule has 0 aromatic heterocycles. The maximum Gasteiger partial charge on any atom is 0.128 e. The molecule has 0 saturated carbocycles. The standard InChI is InChI=1S/C17H18BrClFN/c1-4-21-17(14-9-12(18)5-6-16(14)20)13-7-10(2)11(3)8-15(13)19/h5-9,17,21H,4H2,1-3H3. The number of aryl methyl sites for hydroxylation is 2. The van der Waals surface area contributed by atoms with Crippen molar-refractivity contribution in [2.75, 3.05) is 6.54 Å². The third-order valence-corrected chi connectivity index (χ3v) is 4.42. The van der Waals surface area contributed by atoms with Crippen LogP contribution in [0.3, 0.4) is 0 Å². The molecule has 1 unspecified atom stereocenters. The summed E-state index contributed by atoms with van der Waals surface area (Å²) in [4.78, 5) is 0. The van der Waals surface area contributed by atoms with Crippen molar-refractivity contribution in [3.8, 4) is 0 Å². The minimum absolute atomic E-state index is 0.238. The fourth-order valence-corrected chi connectivity index (χ4v) is 3.06. The Kier molecular flexibility index (Phi) is 5.42. The van der Waals surface area contributed by atoms with Crippen LogP contribution in [0.25, 0.3) is 0 Å². The van der Waals surface area contributed by atoms with Gasteiger partial charge in [0.25, 0.3) is 0 Å². The molecule has 1 atom stereocenters. The number of halogens is 3. The molecule has 21 heavy (non-hydrogen) atoms. The lowest BCUT2D eigenvalue weighted by atomic mass is 9.95. The summed E-state index contributed by atoms with van der Waals surface area (Å²) in [5.41, 5.74) is 3.77. The Morgan fingerprint density at radius 1 is 1.14 bits per heavy atom. The monoisotopic (exact) mass is 369 g/mol. The topological polar surface area (TPSA) is 12.0 Å². The molecule has 0 aliphatic heterocycles. The second kappa shape index (κ2) is 6.91. The SMILES string of the molecule is CCNC(c1cc(Br)ccc1F)c1cc(C)c(C)cc1Cl. The van der Waals surface area contributed by atoms with Crippen LogP contribution in [0.15, 0.2) is 34.8 Å². The summed E-state index contributed by atoms with van der Waals surface area (Å²) < 4.78 is 15.1. The largest absolute Gasteiger partial charge is 0.306 e. The van der Waals surface area contributed by atoms with Gasteiger partial charge < -0.3 is 5.32 Å². The number of hydrogen-bond donors (Lipinski definition) is 1. The van der Waals surface area contributed by atoms with E-state index in [4.69, 9.17) is 11.6 Å². The minimum Gasteiger partial charge on any atom is -0.306 e. The van der Waals surface area contributed by atoms with Crippen LogP contribution in [0.4, 0.5) is 4.39 Å². The number of hydrogen-bond acceptors (Lipinski definition) is 1. The molecule has 112 valence electrons. The van der Waals surface area contributed by atoms with Gasteiger partial charge in [0.1, 0.15) is 5.82 Å². The Labute approximate surface area is 138 Å². The predicted octanol–water partition coefficient (Wildman–Crippen LogP) is 5.56. The Morgan fingerprint density at radius 2 is 1.81 bits per heavy atom. The smallest absolute Gasteiger partial charge is 0.128 e.